The Morgan fingerprint density at radius 2 is 1.71 bits per heavy atom. The van der Waals surface area contributed by atoms with Crippen LogP contribution in [0.2, 0.25) is 0 Å². The van der Waals surface area contributed by atoms with Gasteiger partial charge < -0.3 is 5.32 Å². The fourth-order valence-corrected chi connectivity index (χ4v) is 3.74. The predicted molar refractivity (Wildman–Crippen MR) is 75.2 cm³/mol. The number of rotatable bonds is 2. The van der Waals surface area contributed by atoms with Crippen molar-refractivity contribution in [2.75, 3.05) is 0 Å². The molecule has 100 valence electrons. The van der Waals surface area contributed by atoms with Gasteiger partial charge in [0.1, 0.15) is 0 Å². The molecule has 1 nitrogen and oxygen atoms in total. The lowest BCUT2D eigenvalue weighted by atomic mass is 9.73. The van der Waals surface area contributed by atoms with Crippen LogP contribution in [0.15, 0.2) is 0 Å². The molecule has 0 aromatic heterocycles. The highest BCUT2D eigenvalue weighted by molar-refractivity contribution is 4.90. The summed E-state index contributed by atoms with van der Waals surface area (Å²) in [6, 6.07) is 1.58. The van der Waals surface area contributed by atoms with Gasteiger partial charge in [0.05, 0.1) is 0 Å². The van der Waals surface area contributed by atoms with Crippen LogP contribution < -0.4 is 5.32 Å². The van der Waals surface area contributed by atoms with Crippen molar-refractivity contribution < 1.29 is 0 Å². The smallest absolute Gasteiger partial charge is 0.0121 e. The molecule has 0 saturated heterocycles. The third kappa shape index (κ3) is 3.71. The van der Waals surface area contributed by atoms with E-state index in [-0.39, 0.29) is 0 Å². The van der Waals surface area contributed by atoms with E-state index >= 15 is 0 Å². The Morgan fingerprint density at radius 3 is 2.47 bits per heavy atom. The van der Waals surface area contributed by atoms with E-state index in [0.29, 0.717) is 5.41 Å². The average molecular weight is 237 g/mol. The molecule has 1 N–H and O–H groups in total. The standard InChI is InChI=1S/C16H31N/c1-13-7-6-8-14(11-10-13)17-15-9-4-5-12-16(15,2)3/h13-15,17H,4-12H2,1-3H3. The van der Waals surface area contributed by atoms with Crippen LogP contribution in [0.1, 0.15) is 78.6 Å². The summed E-state index contributed by atoms with van der Waals surface area (Å²) in [6.45, 7) is 7.35. The Morgan fingerprint density at radius 1 is 0.882 bits per heavy atom. The summed E-state index contributed by atoms with van der Waals surface area (Å²) < 4.78 is 0. The van der Waals surface area contributed by atoms with Gasteiger partial charge in [-0.1, -0.05) is 46.5 Å². The van der Waals surface area contributed by atoms with E-state index in [2.05, 4.69) is 26.1 Å². The van der Waals surface area contributed by atoms with Gasteiger partial charge in [0.2, 0.25) is 0 Å². The molecule has 2 aliphatic rings. The summed E-state index contributed by atoms with van der Waals surface area (Å²) >= 11 is 0. The van der Waals surface area contributed by atoms with Crippen LogP contribution in [0.25, 0.3) is 0 Å². The summed E-state index contributed by atoms with van der Waals surface area (Å²) in [4.78, 5) is 0. The van der Waals surface area contributed by atoms with E-state index in [9.17, 15) is 0 Å². The van der Waals surface area contributed by atoms with Gasteiger partial charge in [-0.25, -0.2) is 0 Å². The molecule has 0 amide bonds. The molecule has 0 radical (unpaired) electrons. The molecule has 0 aliphatic heterocycles. The van der Waals surface area contributed by atoms with Crippen molar-refractivity contribution in [1.82, 2.24) is 5.32 Å². The molecule has 0 aromatic rings. The fraction of sp³-hybridized carbons (Fsp3) is 1.00. The van der Waals surface area contributed by atoms with Crippen molar-refractivity contribution in [3.05, 3.63) is 0 Å². The second kappa shape index (κ2) is 5.73. The van der Waals surface area contributed by atoms with Gasteiger partial charge in [-0.15, -0.1) is 0 Å². The number of nitrogens with one attached hydrogen (secondary N) is 1. The number of hydrogen-bond donors (Lipinski definition) is 1. The van der Waals surface area contributed by atoms with Crippen LogP contribution in [0, 0.1) is 11.3 Å². The average Bonchev–Trinajstić information content (AvgIpc) is 2.47. The summed E-state index contributed by atoms with van der Waals surface area (Å²) in [5, 5.41) is 4.01. The van der Waals surface area contributed by atoms with Crippen molar-refractivity contribution >= 4 is 0 Å². The molecule has 3 atom stereocenters. The zero-order chi connectivity index (χ0) is 12.3. The highest BCUT2D eigenvalue weighted by Crippen LogP contribution is 2.36. The third-order valence-electron chi connectivity index (χ3n) is 5.20. The second-order valence-corrected chi connectivity index (χ2v) is 7.26. The lowest BCUT2D eigenvalue weighted by molar-refractivity contribution is 0.151. The van der Waals surface area contributed by atoms with E-state index in [1.54, 1.807) is 0 Å². The first kappa shape index (κ1) is 13.4. The Bertz CT molecular complexity index is 234. The van der Waals surface area contributed by atoms with Crippen LogP contribution in [0.3, 0.4) is 0 Å². The summed E-state index contributed by atoms with van der Waals surface area (Å²) in [6.07, 6.45) is 12.8. The fourth-order valence-electron chi connectivity index (χ4n) is 3.74. The minimum atomic E-state index is 0.524. The highest BCUT2D eigenvalue weighted by atomic mass is 15.0. The maximum atomic E-state index is 4.01. The maximum absolute atomic E-state index is 4.01. The number of hydrogen-bond acceptors (Lipinski definition) is 1. The lowest BCUT2D eigenvalue weighted by Crippen LogP contribution is -2.48. The molecular formula is C16H31N. The van der Waals surface area contributed by atoms with Gasteiger partial charge >= 0.3 is 0 Å². The second-order valence-electron chi connectivity index (χ2n) is 7.26. The molecule has 1 heteroatoms. The van der Waals surface area contributed by atoms with Crippen molar-refractivity contribution in [1.29, 1.82) is 0 Å². The Labute approximate surface area is 108 Å². The van der Waals surface area contributed by atoms with Gasteiger partial charge in [0.15, 0.2) is 0 Å². The zero-order valence-corrected chi connectivity index (χ0v) is 12.1. The first-order chi connectivity index (χ1) is 8.08. The molecule has 0 spiro atoms. The third-order valence-corrected chi connectivity index (χ3v) is 5.20. The Balaban J connectivity index is 1.86. The lowest BCUT2D eigenvalue weighted by Gasteiger charge is -2.41. The monoisotopic (exact) mass is 237 g/mol. The molecule has 17 heavy (non-hydrogen) atoms. The van der Waals surface area contributed by atoms with Crippen LogP contribution >= 0.6 is 0 Å². The minimum absolute atomic E-state index is 0.524. The molecule has 0 aromatic carbocycles. The van der Waals surface area contributed by atoms with Crippen molar-refractivity contribution in [2.45, 2.75) is 90.6 Å². The van der Waals surface area contributed by atoms with Gasteiger partial charge in [0.25, 0.3) is 0 Å². The SMILES string of the molecule is CC1CCCC(NC2CCCCC2(C)C)CC1. The van der Waals surface area contributed by atoms with Crippen molar-refractivity contribution in [2.24, 2.45) is 11.3 Å². The largest absolute Gasteiger partial charge is 0.311 e. The Hall–Kier alpha value is -0.0400. The summed E-state index contributed by atoms with van der Waals surface area (Å²) in [7, 11) is 0. The van der Waals surface area contributed by atoms with Gasteiger partial charge in [-0.2, -0.15) is 0 Å². The van der Waals surface area contributed by atoms with Crippen molar-refractivity contribution in [3.63, 3.8) is 0 Å². The zero-order valence-electron chi connectivity index (χ0n) is 12.1. The van der Waals surface area contributed by atoms with E-state index in [0.717, 1.165) is 18.0 Å². The molecule has 0 bridgehead atoms. The molecule has 2 rings (SSSR count). The van der Waals surface area contributed by atoms with E-state index in [1.165, 1.54) is 57.8 Å². The quantitative estimate of drug-likeness (QED) is 0.697. The van der Waals surface area contributed by atoms with Gasteiger partial charge in [-0.3, -0.25) is 0 Å². The molecular weight excluding hydrogens is 206 g/mol. The first-order valence-electron chi connectivity index (χ1n) is 7.84. The van der Waals surface area contributed by atoms with Crippen molar-refractivity contribution in [3.8, 4) is 0 Å². The topological polar surface area (TPSA) is 12.0 Å². The minimum Gasteiger partial charge on any atom is -0.311 e. The van der Waals surface area contributed by atoms with E-state index < -0.39 is 0 Å². The summed E-state index contributed by atoms with van der Waals surface area (Å²) in [5.74, 6) is 0.959. The van der Waals surface area contributed by atoms with Crippen LogP contribution in [-0.2, 0) is 0 Å². The maximum Gasteiger partial charge on any atom is 0.0121 e. The van der Waals surface area contributed by atoms with E-state index in [4.69, 9.17) is 0 Å². The molecule has 2 fully saturated rings. The molecule has 0 heterocycles. The van der Waals surface area contributed by atoms with Gasteiger partial charge in [-0.05, 0) is 43.4 Å². The van der Waals surface area contributed by atoms with Gasteiger partial charge in [0, 0.05) is 12.1 Å². The Kier molecular flexibility index (Phi) is 4.52. The summed E-state index contributed by atoms with van der Waals surface area (Å²) in [5.41, 5.74) is 0.524. The normalized spacial score (nSPS) is 38.6. The predicted octanol–water partition coefficient (Wildman–Crippen LogP) is 4.51. The van der Waals surface area contributed by atoms with Crippen LogP contribution in [0.4, 0.5) is 0 Å². The first-order valence-corrected chi connectivity index (χ1v) is 7.84. The van der Waals surface area contributed by atoms with Crippen LogP contribution in [0.5, 0.6) is 0 Å². The van der Waals surface area contributed by atoms with Crippen LogP contribution in [-0.4, -0.2) is 12.1 Å². The molecule has 3 unspecified atom stereocenters. The highest BCUT2D eigenvalue weighted by Gasteiger charge is 2.33. The molecule has 2 aliphatic carbocycles. The molecule has 2 saturated carbocycles. The van der Waals surface area contributed by atoms with E-state index in [1.807, 2.05) is 0 Å².